The van der Waals surface area contributed by atoms with Crippen LogP contribution in [0.15, 0.2) is 24.5 Å². The van der Waals surface area contributed by atoms with Crippen molar-refractivity contribution in [2.45, 2.75) is 38.4 Å². The molecule has 0 aliphatic carbocycles. The molecule has 1 aliphatic heterocycles. The zero-order chi connectivity index (χ0) is 13.8. The van der Waals surface area contributed by atoms with E-state index in [0.29, 0.717) is 6.54 Å². The molecule has 1 aliphatic rings. The monoisotopic (exact) mass is 262 g/mol. The van der Waals surface area contributed by atoms with Gasteiger partial charge in [0, 0.05) is 31.5 Å². The molecule has 0 radical (unpaired) electrons. The molecule has 0 saturated carbocycles. The summed E-state index contributed by atoms with van der Waals surface area (Å²) in [4.78, 5) is 18.1. The van der Waals surface area contributed by atoms with Crippen LogP contribution in [0.25, 0.3) is 0 Å². The van der Waals surface area contributed by atoms with Crippen LogP contribution in [0.3, 0.4) is 0 Å². The maximum atomic E-state index is 11.8. The van der Waals surface area contributed by atoms with E-state index in [-0.39, 0.29) is 24.0 Å². The van der Waals surface area contributed by atoms with Gasteiger partial charge in [-0.2, -0.15) is 0 Å². The number of aromatic nitrogens is 1. The van der Waals surface area contributed by atoms with Crippen molar-refractivity contribution in [1.29, 1.82) is 0 Å². The number of nitrogens with one attached hydrogen (secondary N) is 1. The van der Waals surface area contributed by atoms with Crippen molar-refractivity contribution in [2.24, 2.45) is 5.73 Å². The van der Waals surface area contributed by atoms with Crippen LogP contribution in [-0.2, 0) is 4.79 Å². The third kappa shape index (κ3) is 2.93. The van der Waals surface area contributed by atoms with Crippen LogP contribution in [0.5, 0.6) is 0 Å². The van der Waals surface area contributed by atoms with Gasteiger partial charge in [-0.25, -0.2) is 0 Å². The summed E-state index contributed by atoms with van der Waals surface area (Å²) in [7, 11) is 0. The number of amides is 1. The van der Waals surface area contributed by atoms with Crippen molar-refractivity contribution in [3.8, 4) is 0 Å². The maximum Gasteiger partial charge on any atom is 0.237 e. The van der Waals surface area contributed by atoms with E-state index in [1.807, 2.05) is 19.1 Å². The molecule has 1 saturated heterocycles. The van der Waals surface area contributed by atoms with Gasteiger partial charge in [0.25, 0.3) is 0 Å². The molecule has 0 spiro atoms. The number of hydrogen-bond acceptors (Lipinski definition) is 4. The van der Waals surface area contributed by atoms with Gasteiger partial charge in [0.05, 0.1) is 12.1 Å². The van der Waals surface area contributed by atoms with Gasteiger partial charge >= 0.3 is 0 Å². The van der Waals surface area contributed by atoms with Crippen LogP contribution in [-0.4, -0.2) is 41.0 Å². The van der Waals surface area contributed by atoms with Gasteiger partial charge in [-0.1, -0.05) is 6.92 Å². The zero-order valence-corrected chi connectivity index (χ0v) is 11.5. The molecule has 3 N–H and O–H groups in total. The predicted octanol–water partition coefficient (Wildman–Crippen LogP) is 0.680. The standard InChI is InChI=1S/C14H22N4O/c1-3-12(15)13(11-4-6-16-7-5-11)18-9-8-17-14(19)10(18)2/h4-7,10,12-13H,3,8-9,15H2,1-2H3,(H,17,19). The lowest BCUT2D eigenvalue weighted by molar-refractivity contribution is -0.129. The first kappa shape index (κ1) is 14.0. The van der Waals surface area contributed by atoms with E-state index in [4.69, 9.17) is 5.73 Å². The summed E-state index contributed by atoms with van der Waals surface area (Å²) >= 11 is 0. The quantitative estimate of drug-likeness (QED) is 0.837. The van der Waals surface area contributed by atoms with Crippen molar-refractivity contribution in [1.82, 2.24) is 15.2 Å². The first-order valence-corrected chi connectivity index (χ1v) is 6.84. The summed E-state index contributed by atoms with van der Waals surface area (Å²) in [5.74, 6) is 0.0774. The van der Waals surface area contributed by atoms with E-state index < -0.39 is 0 Å². The first-order chi connectivity index (χ1) is 9.15. The number of pyridine rings is 1. The van der Waals surface area contributed by atoms with E-state index in [1.165, 1.54) is 0 Å². The lowest BCUT2D eigenvalue weighted by Crippen LogP contribution is -2.57. The van der Waals surface area contributed by atoms with Crippen LogP contribution in [0, 0.1) is 0 Å². The second-order valence-corrected chi connectivity index (χ2v) is 5.00. The van der Waals surface area contributed by atoms with Gasteiger partial charge in [0.15, 0.2) is 0 Å². The van der Waals surface area contributed by atoms with Crippen molar-refractivity contribution in [3.05, 3.63) is 30.1 Å². The molecule has 0 aromatic carbocycles. The van der Waals surface area contributed by atoms with Crippen LogP contribution < -0.4 is 11.1 Å². The summed E-state index contributed by atoms with van der Waals surface area (Å²) in [6, 6.07) is 3.90. The molecule has 2 heterocycles. The van der Waals surface area contributed by atoms with Gasteiger partial charge in [0.2, 0.25) is 5.91 Å². The molecule has 1 aromatic rings. The van der Waals surface area contributed by atoms with Gasteiger partial charge in [-0.15, -0.1) is 0 Å². The lowest BCUT2D eigenvalue weighted by Gasteiger charge is -2.41. The fraction of sp³-hybridized carbons (Fsp3) is 0.571. The van der Waals surface area contributed by atoms with Crippen LogP contribution in [0.1, 0.15) is 31.9 Å². The summed E-state index contributed by atoms with van der Waals surface area (Å²) in [6.45, 7) is 5.52. The molecular formula is C14H22N4O. The average Bonchev–Trinajstić information content (AvgIpc) is 2.44. The molecular weight excluding hydrogens is 240 g/mol. The van der Waals surface area contributed by atoms with Gasteiger partial charge in [-0.3, -0.25) is 14.7 Å². The zero-order valence-electron chi connectivity index (χ0n) is 11.5. The Kier molecular flexibility index (Phi) is 4.50. The highest BCUT2D eigenvalue weighted by molar-refractivity contribution is 5.82. The number of nitrogens with zero attached hydrogens (tertiary/aromatic N) is 2. The minimum absolute atomic E-state index is 0.00995. The Bertz CT molecular complexity index is 423. The normalized spacial score (nSPS) is 23.7. The largest absolute Gasteiger partial charge is 0.353 e. The molecule has 2 rings (SSSR count). The predicted molar refractivity (Wildman–Crippen MR) is 74.4 cm³/mol. The van der Waals surface area contributed by atoms with E-state index in [2.05, 4.69) is 22.1 Å². The van der Waals surface area contributed by atoms with Crippen molar-refractivity contribution in [3.63, 3.8) is 0 Å². The average molecular weight is 262 g/mol. The molecule has 0 bridgehead atoms. The second kappa shape index (κ2) is 6.12. The molecule has 3 atom stereocenters. The summed E-state index contributed by atoms with van der Waals surface area (Å²) in [5, 5.41) is 2.89. The fourth-order valence-corrected chi connectivity index (χ4v) is 2.65. The number of rotatable bonds is 4. The smallest absolute Gasteiger partial charge is 0.237 e. The van der Waals surface area contributed by atoms with E-state index in [9.17, 15) is 4.79 Å². The van der Waals surface area contributed by atoms with Gasteiger partial charge in [-0.05, 0) is 31.0 Å². The first-order valence-electron chi connectivity index (χ1n) is 6.84. The number of nitrogens with two attached hydrogens (primary N) is 1. The number of hydrogen-bond donors (Lipinski definition) is 2. The Labute approximate surface area is 114 Å². The van der Waals surface area contributed by atoms with Crippen LogP contribution in [0.2, 0.25) is 0 Å². The van der Waals surface area contributed by atoms with Gasteiger partial charge in [0.1, 0.15) is 0 Å². The minimum Gasteiger partial charge on any atom is -0.353 e. The Hall–Kier alpha value is -1.46. The summed E-state index contributed by atoms with van der Waals surface area (Å²) in [6.07, 6.45) is 4.43. The Balaban J connectivity index is 2.30. The molecule has 1 aromatic heterocycles. The Morgan fingerprint density at radius 2 is 2.21 bits per heavy atom. The van der Waals surface area contributed by atoms with Crippen molar-refractivity contribution in [2.75, 3.05) is 13.1 Å². The van der Waals surface area contributed by atoms with Crippen LogP contribution in [0.4, 0.5) is 0 Å². The SMILES string of the molecule is CCC(N)C(c1ccncc1)N1CCNC(=O)C1C. The summed E-state index contributed by atoms with van der Waals surface area (Å²) in [5.41, 5.74) is 7.42. The molecule has 1 amide bonds. The molecule has 5 heteroatoms. The number of carbonyl (C=O) groups is 1. The lowest BCUT2D eigenvalue weighted by atomic mass is 9.95. The number of piperazine rings is 1. The fourth-order valence-electron chi connectivity index (χ4n) is 2.65. The third-order valence-corrected chi connectivity index (χ3v) is 3.83. The highest BCUT2D eigenvalue weighted by Crippen LogP contribution is 2.27. The van der Waals surface area contributed by atoms with E-state index in [1.54, 1.807) is 12.4 Å². The third-order valence-electron chi connectivity index (χ3n) is 3.83. The molecule has 3 unspecified atom stereocenters. The summed E-state index contributed by atoms with van der Waals surface area (Å²) < 4.78 is 0. The highest BCUT2D eigenvalue weighted by Gasteiger charge is 2.34. The van der Waals surface area contributed by atoms with Gasteiger partial charge < -0.3 is 11.1 Å². The molecule has 1 fully saturated rings. The maximum absolute atomic E-state index is 11.8. The second-order valence-electron chi connectivity index (χ2n) is 5.00. The van der Waals surface area contributed by atoms with Crippen molar-refractivity contribution < 1.29 is 4.79 Å². The molecule has 19 heavy (non-hydrogen) atoms. The Morgan fingerprint density at radius 1 is 1.53 bits per heavy atom. The van der Waals surface area contributed by atoms with E-state index in [0.717, 1.165) is 18.5 Å². The minimum atomic E-state index is -0.149. The molecule has 5 nitrogen and oxygen atoms in total. The number of carbonyl (C=O) groups excluding carboxylic acids is 1. The molecule has 104 valence electrons. The topological polar surface area (TPSA) is 71.2 Å². The van der Waals surface area contributed by atoms with Crippen LogP contribution >= 0.6 is 0 Å². The van der Waals surface area contributed by atoms with Crippen molar-refractivity contribution >= 4 is 5.91 Å². The highest BCUT2D eigenvalue weighted by atomic mass is 16.2. The van der Waals surface area contributed by atoms with E-state index >= 15 is 0 Å². The Morgan fingerprint density at radius 3 is 2.84 bits per heavy atom.